The predicted octanol–water partition coefficient (Wildman–Crippen LogP) is 1.26. The summed E-state index contributed by atoms with van der Waals surface area (Å²) >= 11 is 0. The summed E-state index contributed by atoms with van der Waals surface area (Å²) in [6, 6.07) is 10.9. The molecule has 0 saturated carbocycles. The van der Waals surface area contributed by atoms with E-state index in [2.05, 4.69) is 34.5 Å². The largest absolute Gasteiger partial charge is 0.396 e. The third-order valence-electron chi connectivity index (χ3n) is 3.62. The molecule has 3 heteroatoms. The second-order valence-corrected chi connectivity index (χ2v) is 4.85. The highest BCUT2D eigenvalue weighted by atomic mass is 16.3. The number of hydrogen-bond acceptors (Lipinski definition) is 3. The Labute approximate surface area is 103 Å². The molecule has 1 fully saturated rings. The molecule has 1 aromatic carbocycles. The van der Waals surface area contributed by atoms with Crippen LogP contribution in [0, 0.1) is 5.92 Å². The Morgan fingerprint density at radius 3 is 2.76 bits per heavy atom. The van der Waals surface area contributed by atoms with Crippen LogP contribution in [0.1, 0.15) is 18.0 Å². The fourth-order valence-electron chi connectivity index (χ4n) is 2.53. The van der Waals surface area contributed by atoms with Crippen LogP contribution < -0.4 is 5.32 Å². The molecule has 0 spiro atoms. The highest BCUT2D eigenvalue weighted by molar-refractivity contribution is 5.19. The van der Waals surface area contributed by atoms with Crippen LogP contribution in [0.2, 0.25) is 0 Å². The van der Waals surface area contributed by atoms with Crippen LogP contribution >= 0.6 is 0 Å². The van der Waals surface area contributed by atoms with Gasteiger partial charge in [0.15, 0.2) is 0 Å². The molecule has 94 valence electrons. The van der Waals surface area contributed by atoms with Crippen molar-refractivity contribution in [2.75, 3.05) is 33.3 Å². The maximum Gasteiger partial charge on any atom is 0.0471 e. The third-order valence-corrected chi connectivity index (χ3v) is 3.62. The van der Waals surface area contributed by atoms with Gasteiger partial charge in [0.2, 0.25) is 0 Å². The van der Waals surface area contributed by atoms with Crippen LogP contribution in [-0.2, 0) is 0 Å². The normalized spacial score (nSPS) is 22.8. The molecule has 0 radical (unpaired) electrons. The number of likely N-dealkylation sites (tertiary alicyclic amines) is 1. The van der Waals surface area contributed by atoms with Crippen molar-refractivity contribution in [1.29, 1.82) is 0 Å². The van der Waals surface area contributed by atoms with Crippen molar-refractivity contribution in [3.8, 4) is 0 Å². The molecule has 0 amide bonds. The molecule has 0 aliphatic carbocycles. The number of aliphatic hydroxyl groups is 1. The topological polar surface area (TPSA) is 35.5 Å². The van der Waals surface area contributed by atoms with E-state index in [1.165, 1.54) is 5.56 Å². The van der Waals surface area contributed by atoms with Crippen molar-refractivity contribution < 1.29 is 5.11 Å². The molecule has 1 heterocycles. The van der Waals surface area contributed by atoms with Crippen molar-refractivity contribution >= 4 is 0 Å². The van der Waals surface area contributed by atoms with E-state index in [9.17, 15) is 0 Å². The molecule has 0 aromatic heterocycles. The number of hydrogen-bond donors (Lipinski definition) is 2. The maximum atomic E-state index is 9.15. The van der Waals surface area contributed by atoms with E-state index in [0.717, 1.165) is 26.1 Å². The molecule has 3 nitrogen and oxygen atoms in total. The van der Waals surface area contributed by atoms with E-state index in [-0.39, 0.29) is 0 Å². The Morgan fingerprint density at radius 1 is 1.41 bits per heavy atom. The molecule has 1 aromatic rings. The summed E-state index contributed by atoms with van der Waals surface area (Å²) in [7, 11) is 2.01. The molecule has 2 atom stereocenters. The van der Waals surface area contributed by atoms with Gasteiger partial charge in [0.1, 0.15) is 0 Å². The monoisotopic (exact) mass is 234 g/mol. The third kappa shape index (κ3) is 3.28. The number of rotatable bonds is 5. The first-order valence-electron chi connectivity index (χ1n) is 6.39. The van der Waals surface area contributed by atoms with Crippen LogP contribution in [0.25, 0.3) is 0 Å². The second kappa shape index (κ2) is 6.15. The Morgan fingerprint density at radius 2 is 2.18 bits per heavy atom. The molecule has 17 heavy (non-hydrogen) atoms. The van der Waals surface area contributed by atoms with Gasteiger partial charge < -0.3 is 15.3 Å². The lowest BCUT2D eigenvalue weighted by molar-refractivity contribution is 0.217. The fraction of sp³-hybridized carbons (Fsp3) is 0.571. The molecular formula is C14H22N2O. The van der Waals surface area contributed by atoms with E-state index < -0.39 is 0 Å². The molecule has 2 unspecified atom stereocenters. The highest BCUT2D eigenvalue weighted by Gasteiger charge is 2.23. The Balaban J connectivity index is 1.92. The minimum atomic E-state index is 0.325. The van der Waals surface area contributed by atoms with E-state index in [1.807, 2.05) is 13.1 Å². The zero-order valence-corrected chi connectivity index (χ0v) is 10.5. The van der Waals surface area contributed by atoms with Crippen molar-refractivity contribution in [2.45, 2.75) is 12.5 Å². The van der Waals surface area contributed by atoms with Gasteiger partial charge in [-0.15, -0.1) is 0 Å². The SMILES string of the molecule is CNC(CN1CCC(CO)C1)c1ccccc1. The summed E-state index contributed by atoms with van der Waals surface area (Å²) in [6.07, 6.45) is 1.13. The van der Waals surface area contributed by atoms with Gasteiger partial charge in [-0.05, 0) is 31.5 Å². The van der Waals surface area contributed by atoms with Gasteiger partial charge in [-0.25, -0.2) is 0 Å². The summed E-state index contributed by atoms with van der Waals surface area (Å²) in [6.45, 7) is 3.49. The van der Waals surface area contributed by atoms with E-state index in [0.29, 0.717) is 18.6 Å². The lowest BCUT2D eigenvalue weighted by atomic mass is 10.1. The fourth-order valence-corrected chi connectivity index (χ4v) is 2.53. The Kier molecular flexibility index (Phi) is 4.54. The molecule has 1 aliphatic heterocycles. The number of aliphatic hydroxyl groups excluding tert-OH is 1. The second-order valence-electron chi connectivity index (χ2n) is 4.85. The van der Waals surface area contributed by atoms with Gasteiger partial charge in [-0.2, -0.15) is 0 Å². The molecule has 1 aliphatic rings. The van der Waals surface area contributed by atoms with Gasteiger partial charge >= 0.3 is 0 Å². The van der Waals surface area contributed by atoms with Gasteiger partial charge in [-0.1, -0.05) is 30.3 Å². The van der Waals surface area contributed by atoms with E-state index in [4.69, 9.17) is 5.11 Å². The molecule has 2 rings (SSSR count). The molecule has 1 saturated heterocycles. The number of nitrogens with one attached hydrogen (secondary N) is 1. The summed E-state index contributed by atoms with van der Waals surface area (Å²) in [5, 5.41) is 12.5. The smallest absolute Gasteiger partial charge is 0.0471 e. The molecule has 2 N–H and O–H groups in total. The first-order valence-corrected chi connectivity index (χ1v) is 6.39. The zero-order valence-electron chi connectivity index (χ0n) is 10.5. The average molecular weight is 234 g/mol. The number of nitrogens with zero attached hydrogens (tertiary/aromatic N) is 1. The molecular weight excluding hydrogens is 212 g/mol. The number of likely N-dealkylation sites (N-methyl/N-ethyl adjacent to an activating group) is 1. The van der Waals surface area contributed by atoms with Crippen molar-refractivity contribution in [2.24, 2.45) is 5.92 Å². The number of benzene rings is 1. The minimum Gasteiger partial charge on any atom is -0.396 e. The molecule has 0 bridgehead atoms. The summed E-state index contributed by atoms with van der Waals surface area (Å²) in [4.78, 5) is 2.44. The summed E-state index contributed by atoms with van der Waals surface area (Å²) in [5.41, 5.74) is 1.34. The minimum absolute atomic E-state index is 0.325. The van der Waals surface area contributed by atoms with Gasteiger partial charge in [0.05, 0.1) is 0 Å². The summed E-state index contributed by atoms with van der Waals surface area (Å²) in [5.74, 6) is 0.475. The van der Waals surface area contributed by atoms with E-state index >= 15 is 0 Å². The van der Waals surface area contributed by atoms with Crippen molar-refractivity contribution in [1.82, 2.24) is 10.2 Å². The average Bonchev–Trinajstić information content (AvgIpc) is 2.84. The lowest BCUT2D eigenvalue weighted by Gasteiger charge is -2.23. The Bertz CT molecular complexity index is 328. The maximum absolute atomic E-state index is 9.15. The highest BCUT2D eigenvalue weighted by Crippen LogP contribution is 2.20. The van der Waals surface area contributed by atoms with Crippen LogP contribution in [0.15, 0.2) is 30.3 Å². The lowest BCUT2D eigenvalue weighted by Crippen LogP contribution is -2.32. The van der Waals surface area contributed by atoms with Crippen LogP contribution in [0.3, 0.4) is 0 Å². The van der Waals surface area contributed by atoms with E-state index in [1.54, 1.807) is 0 Å². The summed E-state index contributed by atoms with van der Waals surface area (Å²) < 4.78 is 0. The first-order chi connectivity index (χ1) is 8.33. The zero-order chi connectivity index (χ0) is 12.1. The van der Waals surface area contributed by atoms with Crippen LogP contribution in [0.5, 0.6) is 0 Å². The van der Waals surface area contributed by atoms with Crippen molar-refractivity contribution in [3.05, 3.63) is 35.9 Å². The van der Waals surface area contributed by atoms with Crippen LogP contribution in [0.4, 0.5) is 0 Å². The quantitative estimate of drug-likeness (QED) is 0.805. The van der Waals surface area contributed by atoms with Gasteiger partial charge in [0.25, 0.3) is 0 Å². The predicted molar refractivity (Wildman–Crippen MR) is 69.9 cm³/mol. The standard InChI is InChI=1S/C14H22N2O/c1-15-14(13-5-3-2-4-6-13)10-16-8-7-12(9-16)11-17/h2-6,12,14-15,17H,7-11H2,1H3. The first kappa shape index (κ1) is 12.6. The van der Waals surface area contributed by atoms with Crippen molar-refractivity contribution in [3.63, 3.8) is 0 Å². The van der Waals surface area contributed by atoms with Gasteiger partial charge in [0, 0.05) is 25.7 Å². The van der Waals surface area contributed by atoms with Gasteiger partial charge in [-0.3, -0.25) is 0 Å². The van der Waals surface area contributed by atoms with Crippen LogP contribution in [-0.4, -0.2) is 43.3 Å². The Hall–Kier alpha value is -0.900.